The van der Waals surface area contributed by atoms with Crippen molar-refractivity contribution < 1.29 is 28.6 Å². The monoisotopic (exact) mass is 907 g/mol. The lowest BCUT2D eigenvalue weighted by Crippen LogP contribution is -2.30. The summed E-state index contributed by atoms with van der Waals surface area (Å²) in [7, 11) is 0. The molecule has 0 atom stereocenters. The van der Waals surface area contributed by atoms with Gasteiger partial charge in [0, 0.05) is 19.3 Å². The number of allylic oxidation sites excluding steroid dienone is 12. The Balaban J connectivity index is 4.48. The van der Waals surface area contributed by atoms with Crippen LogP contribution in [0.5, 0.6) is 0 Å². The maximum absolute atomic E-state index is 12.8. The maximum Gasteiger partial charge on any atom is 0.306 e. The Kier molecular flexibility index (Phi) is 50.9. The lowest BCUT2D eigenvalue weighted by atomic mass is 10.1. The third-order valence-corrected chi connectivity index (χ3v) is 11.7. The van der Waals surface area contributed by atoms with Gasteiger partial charge in [0.1, 0.15) is 13.2 Å². The Morgan fingerprint density at radius 2 is 0.569 bits per heavy atom. The summed E-state index contributed by atoms with van der Waals surface area (Å²) in [6.45, 7) is 6.54. The molecule has 6 heteroatoms. The van der Waals surface area contributed by atoms with Crippen LogP contribution in [0.25, 0.3) is 0 Å². The van der Waals surface area contributed by atoms with Crippen molar-refractivity contribution in [3.05, 3.63) is 72.9 Å². The van der Waals surface area contributed by atoms with Crippen molar-refractivity contribution in [1.29, 1.82) is 0 Å². The summed E-state index contributed by atoms with van der Waals surface area (Å²) in [5.41, 5.74) is 0. The Morgan fingerprint density at radius 1 is 0.308 bits per heavy atom. The number of esters is 3. The molecule has 0 rings (SSSR count). The molecule has 0 spiro atoms. The van der Waals surface area contributed by atoms with Crippen molar-refractivity contribution in [3.63, 3.8) is 0 Å². The van der Waals surface area contributed by atoms with Gasteiger partial charge in [0.05, 0.1) is 0 Å². The second-order valence-corrected chi connectivity index (χ2v) is 18.1. The molecule has 0 aliphatic heterocycles. The second kappa shape index (κ2) is 53.5. The molecule has 374 valence electrons. The van der Waals surface area contributed by atoms with Gasteiger partial charge in [0.15, 0.2) is 6.10 Å². The van der Waals surface area contributed by atoms with E-state index in [4.69, 9.17) is 14.2 Å². The number of rotatable bonds is 49. The van der Waals surface area contributed by atoms with E-state index in [-0.39, 0.29) is 37.5 Å². The maximum atomic E-state index is 12.8. The summed E-state index contributed by atoms with van der Waals surface area (Å²) in [6, 6.07) is 0. The Labute approximate surface area is 402 Å². The summed E-state index contributed by atoms with van der Waals surface area (Å²) in [5, 5.41) is 0. The number of unbranched alkanes of at least 4 members (excludes halogenated alkanes) is 26. The van der Waals surface area contributed by atoms with Gasteiger partial charge >= 0.3 is 17.9 Å². The summed E-state index contributed by atoms with van der Waals surface area (Å²) < 4.78 is 16.8. The van der Waals surface area contributed by atoms with Crippen molar-refractivity contribution in [3.8, 4) is 0 Å². The molecule has 0 unspecified atom stereocenters. The largest absolute Gasteiger partial charge is 0.462 e. The summed E-state index contributed by atoms with van der Waals surface area (Å²) in [6.07, 6.45) is 67.4. The molecule has 0 N–H and O–H groups in total. The van der Waals surface area contributed by atoms with E-state index in [1.807, 2.05) is 0 Å². The molecular weight excluding hydrogens is 805 g/mol. The topological polar surface area (TPSA) is 78.9 Å². The molecule has 0 radical (unpaired) electrons. The fourth-order valence-corrected chi connectivity index (χ4v) is 7.48. The van der Waals surface area contributed by atoms with Crippen molar-refractivity contribution in [1.82, 2.24) is 0 Å². The molecule has 65 heavy (non-hydrogen) atoms. The van der Waals surface area contributed by atoms with E-state index in [1.54, 1.807) is 0 Å². The minimum Gasteiger partial charge on any atom is -0.462 e. The van der Waals surface area contributed by atoms with Crippen LogP contribution >= 0.6 is 0 Å². The smallest absolute Gasteiger partial charge is 0.306 e. The first-order chi connectivity index (χ1) is 32.0. The third-order valence-electron chi connectivity index (χ3n) is 11.7. The van der Waals surface area contributed by atoms with E-state index >= 15 is 0 Å². The van der Waals surface area contributed by atoms with Crippen molar-refractivity contribution in [2.45, 2.75) is 271 Å². The number of carbonyl (C=O) groups excluding carboxylic acids is 3. The fraction of sp³-hybridized carbons (Fsp3) is 0.746. The highest BCUT2D eigenvalue weighted by Crippen LogP contribution is 2.14. The van der Waals surface area contributed by atoms with E-state index in [0.717, 1.165) is 64.2 Å². The molecule has 0 aliphatic rings. The van der Waals surface area contributed by atoms with Crippen LogP contribution in [0, 0.1) is 0 Å². The molecule has 0 saturated heterocycles. The SMILES string of the molecule is CCCCC/C=C\C/C=C\C/C=C\C/C=C\CCCC(=O)OC(COC(=O)CCCCCCCCC/C=C\CCCCCC)COC(=O)CCCCCCCCC/C=C\CCCCCC. The molecule has 0 fully saturated rings. The summed E-state index contributed by atoms with van der Waals surface area (Å²) in [4.78, 5) is 38.0. The Morgan fingerprint density at radius 3 is 0.954 bits per heavy atom. The molecule has 0 aromatic carbocycles. The van der Waals surface area contributed by atoms with Crippen LogP contribution < -0.4 is 0 Å². The van der Waals surface area contributed by atoms with Gasteiger partial charge in [-0.05, 0) is 109 Å². The molecule has 0 aliphatic carbocycles. The normalized spacial score (nSPS) is 12.2. The predicted molar refractivity (Wildman–Crippen MR) is 279 cm³/mol. The van der Waals surface area contributed by atoms with Crippen LogP contribution in [0.1, 0.15) is 265 Å². The Hall–Kier alpha value is -3.15. The van der Waals surface area contributed by atoms with Gasteiger partial charge < -0.3 is 14.2 Å². The van der Waals surface area contributed by atoms with Gasteiger partial charge in [-0.15, -0.1) is 0 Å². The zero-order valence-electron chi connectivity index (χ0n) is 42.7. The van der Waals surface area contributed by atoms with Crippen molar-refractivity contribution in [2.75, 3.05) is 13.2 Å². The quantitative estimate of drug-likeness (QED) is 0.0262. The molecule has 6 nitrogen and oxygen atoms in total. The average Bonchev–Trinajstić information content (AvgIpc) is 3.30. The van der Waals surface area contributed by atoms with Gasteiger partial charge in [0.2, 0.25) is 0 Å². The zero-order valence-corrected chi connectivity index (χ0v) is 42.7. The van der Waals surface area contributed by atoms with Gasteiger partial charge in [-0.3, -0.25) is 14.4 Å². The van der Waals surface area contributed by atoms with E-state index in [2.05, 4.69) is 93.7 Å². The minimum absolute atomic E-state index is 0.100. The van der Waals surface area contributed by atoms with E-state index in [9.17, 15) is 14.4 Å². The molecule has 0 aromatic rings. The minimum atomic E-state index is -0.807. The first kappa shape index (κ1) is 61.9. The number of ether oxygens (including phenoxy) is 3. The first-order valence-corrected chi connectivity index (χ1v) is 27.4. The highest BCUT2D eigenvalue weighted by Gasteiger charge is 2.19. The van der Waals surface area contributed by atoms with Crippen LogP contribution in [0.4, 0.5) is 0 Å². The fourth-order valence-electron chi connectivity index (χ4n) is 7.48. The van der Waals surface area contributed by atoms with Crippen molar-refractivity contribution in [2.24, 2.45) is 0 Å². The highest BCUT2D eigenvalue weighted by molar-refractivity contribution is 5.71. The van der Waals surface area contributed by atoms with E-state index in [0.29, 0.717) is 19.3 Å². The van der Waals surface area contributed by atoms with E-state index in [1.165, 1.54) is 154 Å². The second-order valence-electron chi connectivity index (χ2n) is 18.1. The molecule has 0 aromatic heterocycles. The molecule has 0 amide bonds. The van der Waals surface area contributed by atoms with Crippen molar-refractivity contribution >= 4 is 17.9 Å². The van der Waals surface area contributed by atoms with Crippen LogP contribution in [0.15, 0.2) is 72.9 Å². The average molecular weight is 907 g/mol. The lowest BCUT2D eigenvalue weighted by Gasteiger charge is -2.18. The Bertz CT molecular complexity index is 1170. The first-order valence-electron chi connectivity index (χ1n) is 27.4. The van der Waals surface area contributed by atoms with Crippen LogP contribution in [-0.4, -0.2) is 37.2 Å². The summed E-state index contributed by atoms with van der Waals surface area (Å²) >= 11 is 0. The van der Waals surface area contributed by atoms with Gasteiger partial charge in [-0.25, -0.2) is 0 Å². The zero-order chi connectivity index (χ0) is 47.2. The van der Waals surface area contributed by atoms with Crippen LogP contribution in [-0.2, 0) is 28.6 Å². The predicted octanol–water partition coefficient (Wildman–Crippen LogP) is 18.2. The van der Waals surface area contributed by atoms with Crippen LogP contribution in [0.3, 0.4) is 0 Å². The highest BCUT2D eigenvalue weighted by atomic mass is 16.6. The van der Waals surface area contributed by atoms with Crippen LogP contribution in [0.2, 0.25) is 0 Å². The van der Waals surface area contributed by atoms with E-state index < -0.39 is 6.10 Å². The number of carbonyl (C=O) groups is 3. The summed E-state index contributed by atoms with van der Waals surface area (Å²) in [5.74, 6) is -0.961. The standard InChI is InChI=1S/C59H102O6/c1-4-7-10-13-16-19-22-25-28-29-32-35-38-41-44-47-50-53-59(62)65-56(54-63-57(60)51-48-45-42-39-36-33-30-26-23-20-17-14-11-8-5-2)55-64-58(61)52-49-46-43-40-37-34-31-27-24-21-18-15-12-9-6-3/h16,19-21,23-25,28,32,35,41,44,56H,4-15,17-18,22,26-27,29-31,33-34,36-40,42-43,45-55H2,1-3H3/b19-16-,23-20-,24-21-,28-25-,35-32-,44-41-. The molecular formula is C59H102O6. The number of hydrogen-bond acceptors (Lipinski definition) is 6. The molecule has 0 bridgehead atoms. The van der Waals surface area contributed by atoms with Gasteiger partial charge in [0.25, 0.3) is 0 Å². The van der Waals surface area contributed by atoms with Gasteiger partial charge in [-0.2, -0.15) is 0 Å². The third kappa shape index (κ3) is 51.7. The molecule has 0 heterocycles. The number of hydrogen-bond donors (Lipinski definition) is 0. The van der Waals surface area contributed by atoms with Gasteiger partial charge in [-0.1, -0.05) is 209 Å². The lowest BCUT2D eigenvalue weighted by molar-refractivity contribution is -0.167. The molecule has 0 saturated carbocycles.